The number of aliphatic imine (C=N–C) groups is 1. The van der Waals surface area contributed by atoms with Crippen molar-refractivity contribution in [1.82, 2.24) is 9.97 Å². The molecule has 0 saturated carbocycles. The Hall–Kier alpha value is -1.97. The Morgan fingerprint density at radius 1 is 1.00 bits per heavy atom. The molecule has 2 aromatic heterocycles. The number of fused-ring (bicyclic) bond motifs is 1. The van der Waals surface area contributed by atoms with Gasteiger partial charge in [-0.1, -0.05) is 11.6 Å². The maximum absolute atomic E-state index is 5.92. The third-order valence-electron chi connectivity index (χ3n) is 4.39. The fourth-order valence-corrected chi connectivity index (χ4v) is 3.38. The van der Waals surface area contributed by atoms with Gasteiger partial charge in [-0.3, -0.25) is 4.99 Å². The highest BCUT2D eigenvalue weighted by atomic mass is 35.5. The molecule has 24 heavy (non-hydrogen) atoms. The van der Waals surface area contributed by atoms with Gasteiger partial charge in [0.25, 0.3) is 0 Å². The average molecular weight is 360 g/mol. The monoisotopic (exact) mass is 359 g/mol. The molecule has 2 N–H and O–H groups in total. The quantitative estimate of drug-likeness (QED) is 0.562. The lowest BCUT2D eigenvalue weighted by molar-refractivity contribution is 0.690. The number of rotatable bonds is 3. The van der Waals surface area contributed by atoms with E-state index in [0.29, 0.717) is 0 Å². The zero-order chi connectivity index (χ0) is 15.6. The van der Waals surface area contributed by atoms with E-state index in [-0.39, 0.29) is 12.4 Å². The molecule has 0 unspecified atom stereocenters. The molecular formula is C19H19Cl2N3. The van der Waals surface area contributed by atoms with E-state index in [1.54, 1.807) is 0 Å². The van der Waals surface area contributed by atoms with Crippen LogP contribution in [0.15, 0.2) is 47.6 Å². The van der Waals surface area contributed by atoms with Crippen LogP contribution < -0.4 is 0 Å². The Balaban J connectivity index is 0.00000169. The number of aromatic nitrogens is 2. The van der Waals surface area contributed by atoms with E-state index in [2.05, 4.69) is 21.0 Å². The topological polar surface area (TPSA) is 43.9 Å². The van der Waals surface area contributed by atoms with Crippen LogP contribution in [0.2, 0.25) is 5.02 Å². The Kier molecular flexibility index (Phi) is 5.12. The number of hydrogen-bond acceptors (Lipinski definition) is 1. The van der Waals surface area contributed by atoms with Crippen molar-refractivity contribution >= 4 is 35.9 Å². The highest BCUT2D eigenvalue weighted by molar-refractivity contribution is 6.30. The summed E-state index contributed by atoms with van der Waals surface area (Å²) in [6, 6.07) is 11.7. The molecule has 1 aliphatic carbocycles. The van der Waals surface area contributed by atoms with Gasteiger partial charge in [0.15, 0.2) is 0 Å². The maximum atomic E-state index is 5.92. The first kappa shape index (κ1) is 16.9. The lowest BCUT2D eigenvalue weighted by Crippen LogP contribution is -2.02. The zero-order valence-electron chi connectivity index (χ0n) is 13.2. The van der Waals surface area contributed by atoms with E-state index < -0.39 is 0 Å². The molecule has 3 aromatic rings. The van der Waals surface area contributed by atoms with E-state index in [9.17, 15) is 0 Å². The second-order valence-electron chi connectivity index (χ2n) is 5.90. The first-order valence-electron chi connectivity index (χ1n) is 7.98. The molecule has 2 heterocycles. The zero-order valence-corrected chi connectivity index (χ0v) is 14.8. The van der Waals surface area contributed by atoms with E-state index in [1.807, 2.05) is 42.7 Å². The van der Waals surface area contributed by atoms with Crippen LogP contribution in [0.25, 0.3) is 11.4 Å². The minimum Gasteiger partial charge on any atom is -0.360 e. The van der Waals surface area contributed by atoms with Gasteiger partial charge in [-0.2, -0.15) is 0 Å². The predicted molar refractivity (Wildman–Crippen MR) is 103 cm³/mol. The van der Waals surface area contributed by atoms with Gasteiger partial charge in [0.1, 0.15) is 0 Å². The molecule has 0 fully saturated rings. The summed E-state index contributed by atoms with van der Waals surface area (Å²) < 4.78 is 0. The molecule has 0 radical (unpaired) electrons. The van der Waals surface area contributed by atoms with Crippen LogP contribution in [0.5, 0.6) is 0 Å². The van der Waals surface area contributed by atoms with Crippen LogP contribution >= 0.6 is 24.0 Å². The molecule has 3 nitrogen and oxygen atoms in total. The lowest BCUT2D eigenvalue weighted by atomic mass is 9.91. The number of H-pyrrole nitrogens is 2. The van der Waals surface area contributed by atoms with Crippen LogP contribution in [0.1, 0.15) is 29.7 Å². The van der Waals surface area contributed by atoms with Gasteiger partial charge in [0, 0.05) is 11.2 Å². The Labute approximate surface area is 152 Å². The minimum absolute atomic E-state index is 0. The van der Waals surface area contributed by atoms with Gasteiger partial charge in [-0.15, -0.1) is 12.4 Å². The van der Waals surface area contributed by atoms with Gasteiger partial charge in [0.05, 0.1) is 29.0 Å². The van der Waals surface area contributed by atoms with Gasteiger partial charge < -0.3 is 9.97 Å². The summed E-state index contributed by atoms with van der Waals surface area (Å²) in [4.78, 5) is 11.5. The van der Waals surface area contributed by atoms with Crippen molar-refractivity contribution in [3.8, 4) is 11.4 Å². The molecule has 124 valence electrons. The van der Waals surface area contributed by atoms with E-state index in [4.69, 9.17) is 11.6 Å². The van der Waals surface area contributed by atoms with Crippen LogP contribution in [0.3, 0.4) is 0 Å². The SMILES string of the molecule is Cl.Clc1ccc(N=Cc2[nH]c(-c3ccc[nH]3)c3c2CCCC3)cc1. The molecule has 0 spiro atoms. The number of hydrogen-bond donors (Lipinski definition) is 2. The number of nitrogens with zero attached hydrogens (tertiary/aromatic N) is 1. The summed E-state index contributed by atoms with van der Waals surface area (Å²) in [5.41, 5.74) is 7.25. The Morgan fingerprint density at radius 2 is 1.75 bits per heavy atom. The van der Waals surface area contributed by atoms with Crippen LogP contribution in [-0.2, 0) is 12.8 Å². The molecule has 1 aliphatic rings. The highest BCUT2D eigenvalue weighted by Crippen LogP contribution is 2.32. The van der Waals surface area contributed by atoms with Crippen LogP contribution in [0.4, 0.5) is 5.69 Å². The third kappa shape index (κ3) is 3.28. The van der Waals surface area contributed by atoms with Gasteiger partial charge in [0.2, 0.25) is 0 Å². The van der Waals surface area contributed by atoms with Gasteiger partial charge in [-0.05, 0) is 73.2 Å². The van der Waals surface area contributed by atoms with Crippen molar-refractivity contribution in [3.63, 3.8) is 0 Å². The molecule has 0 saturated heterocycles. The van der Waals surface area contributed by atoms with Crippen molar-refractivity contribution in [2.75, 3.05) is 0 Å². The molecule has 0 amide bonds. The fourth-order valence-electron chi connectivity index (χ4n) is 3.26. The smallest absolute Gasteiger partial charge is 0.0659 e. The molecule has 0 aliphatic heterocycles. The maximum Gasteiger partial charge on any atom is 0.0659 e. The molecule has 0 bridgehead atoms. The summed E-state index contributed by atoms with van der Waals surface area (Å²) in [7, 11) is 0. The Morgan fingerprint density at radius 3 is 2.46 bits per heavy atom. The number of nitrogens with one attached hydrogen (secondary N) is 2. The second-order valence-corrected chi connectivity index (χ2v) is 6.33. The number of halogens is 2. The van der Waals surface area contributed by atoms with E-state index in [0.717, 1.165) is 34.9 Å². The van der Waals surface area contributed by atoms with Crippen molar-refractivity contribution < 1.29 is 0 Å². The van der Waals surface area contributed by atoms with Gasteiger partial charge in [-0.25, -0.2) is 0 Å². The number of aromatic amines is 2. The lowest BCUT2D eigenvalue weighted by Gasteiger charge is -2.12. The fraction of sp³-hybridized carbons (Fsp3) is 0.211. The second kappa shape index (κ2) is 7.29. The Bertz CT molecular complexity index is 830. The molecular weight excluding hydrogens is 341 g/mol. The summed E-state index contributed by atoms with van der Waals surface area (Å²) in [5, 5.41) is 0.732. The van der Waals surface area contributed by atoms with E-state index >= 15 is 0 Å². The average Bonchev–Trinajstić information content (AvgIpc) is 3.22. The normalized spacial score (nSPS) is 13.7. The van der Waals surface area contributed by atoms with Crippen molar-refractivity contribution in [1.29, 1.82) is 0 Å². The van der Waals surface area contributed by atoms with Crippen molar-refractivity contribution in [3.05, 3.63) is 64.4 Å². The predicted octanol–water partition coefficient (Wildman–Crippen LogP) is 5.71. The summed E-state index contributed by atoms with van der Waals surface area (Å²) >= 11 is 5.92. The largest absolute Gasteiger partial charge is 0.360 e. The highest BCUT2D eigenvalue weighted by Gasteiger charge is 2.20. The third-order valence-corrected chi connectivity index (χ3v) is 4.64. The number of benzene rings is 1. The van der Waals surface area contributed by atoms with Crippen molar-refractivity contribution in [2.45, 2.75) is 25.7 Å². The van der Waals surface area contributed by atoms with E-state index in [1.165, 1.54) is 29.7 Å². The molecule has 4 rings (SSSR count). The van der Waals surface area contributed by atoms with Crippen molar-refractivity contribution in [2.24, 2.45) is 4.99 Å². The molecule has 1 aromatic carbocycles. The van der Waals surface area contributed by atoms with Gasteiger partial charge >= 0.3 is 0 Å². The standard InChI is InChI=1S/C19H18ClN3.ClH/c20-13-7-9-14(10-8-13)22-12-18-15-4-1-2-5-16(15)19(23-18)17-6-3-11-21-17;/h3,6-12,21,23H,1-2,4-5H2;1H. The molecule has 0 atom stereocenters. The first-order valence-corrected chi connectivity index (χ1v) is 8.36. The molecule has 5 heteroatoms. The summed E-state index contributed by atoms with van der Waals surface area (Å²) in [6.45, 7) is 0. The first-order chi connectivity index (χ1) is 11.3. The van der Waals surface area contributed by atoms with Crippen LogP contribution in [0, 0.1) is 0 Å². The van der Waals surface area contributed by atoms with Crippen LogP contribution in [-0.4, -0.2) is 16.2 Å². The minimum atomic E-state index is 0. The summed E-state index contributed by atoms with van der Waals surface area (Å²) in [6.07, 6.45) is 8.67. The summed E-state index contributed by atoms with van der Waals surface area (Å²) in [5.74, 6) is 0.